The van der Waals surface area contributed by atoms with Crippen LogP contribution in [0.15, 0.2) is 30.3 Å². The molecule has 0 saturated carbocycles. The van der Waals surface area contributed by atoms with E-state index < -0.39 is 11.0 Å². The van der Waals surface area contributed by atoms with Crippen LogP contribution in [0.25, 0.3) is 6.08 Å². The molecule has 1 amide bonds. The SMILES string of the molecule is CC(C)(C)C1CC(C=Cc2ccc([N+](=O)[O-])cc2)CCN1C(=O)O. The minimum atomic E-state index is -0.854. The predicted octanol–water partition coefficient (Wildman–Crippen LogP) is 4.41. The first-order chi connectivity index (χ1) is 11.2. The summed E-state index contributed by atoms with van der Waals surface area (Å²) >= 11 is 0. The van der Waals surface area contributed by atoms with Gasteiger partial charge in [-0.2, -0.15) is 0 Å². The Morgan fingerprint density at radius 1 is 1.33 bits per heavy atom. The van der Waals surface area contributed by atoms with Gasteiger partial charge in [0.05, 0.1) is 4.92 Å². The summed E-state index contributed by atoms with van der Waals surface area (Å²) in [7, 11) is 0. The summed E-state index contributed by atoms with van der Waals surface area (Å²) in [6.07, 6.45) is 4.79. The molecule has 1 saturated heterocycles. The zero-order valence-electron chi connectivity index (χ0n) is 14.3. The molecule has 24 heavy (non-hydrogen) atoms. The Hall–Kier alpha value is -2.37. The Morgan fingerprint density at radius 2 is 1.96 bits per heavy atom. The van der Waals surface area contributed by atoms with E-state index in [0.717, 1.165) is 18.4 Å². The minimum Gasteiger partial charge on any atom is -0.465 e. The van der Waals surface area contributed by atoms with E-state index in [0.29, 0.717) is 12.5 Å². The van der Waals surface area contributed by atoms with Crippen LogP contribution in [0, 0.1) is 21.4 Å². The minimum absolute atomic E-state index is 0.0183. The standard InChI is InChI=1S/C18H24N2O4/c1-18(2,3)16-12-14(10-11-19(16)17(21)22)5-4-13-6-8-15(9-7-13)20(23)24/h4-9,14,16H,10-12H2,1-3H3,(H,21,22). The molecule has 0 aromatic heterocycles. The van der Waals surface area contributed by atoms with Crippen LogP contribution in [0.5, 0.6) is 0 Å². The maximum atomic E-state index is 11.4. The molecule has 0 radical (unpaired) electrons. The van der Waals surface area contributed by atoms with E-state index in [4.69, 9.17) is 0 Å². The van der Waals surface area contributed by atoms with Gasteiger partial charge in [-0.1, -0.05) is 32.9 Å². The molecule has 0 spiro atoms. The molecule has 0 aliphatic carbocycles. The van der Waals surface area contributed by atoms with E-state index in [9.17, 15) is 20.0 Å². The average Bonchev–Trinajstić information content (AvgIpc) is 2.52. The number of nitro groups is 1. The monoisotopic (exact) mass is 332 g/mol. The molecule has 1 aromatic carbocycles. The second-order valence-corrected chi connectivity index (χ2v) is 7.35. The fraction of sp³-hybridized carbons (Fsp3) is 0.500. The van der Waals surface area contributed by atoms with Crippen LogP contribution in [-0.2, 0) is 0 Å². The van der Waals surface area contributed by atoms with Crippen molar-refractivity contribution < 1.29 is 14.8 Å². The number of amides is 1. The first kappa shape index (κ1) is 18.0. The smallest absolute Gasteiger partial charge is 0.407 e. The number of likely N-dealkylation sites (tertiary alicyclic amines) is 1. The van der Waals surface area contributed by atoms with E-state index in [1.165, 1.54) is 12.1 Å². The van der Waals surface area contributed by atoms with Gasteiger partial charge in [0.25, 0.3) is 5.69 Å². The largest absolute Gasteiger partial charge is 0.465 e. The third-order valence-electron chi connectivity index (χ3n) is 4.55. The average molecular weight is 332 g/mol. The van der Waals surface area contributed by atoms with E-state index in [-0.39, 0.29) is 17.1 Å². The van der Waals surface area contributed by atoms with Crippen molar-refractivity contribution >= 4 is 17.9 Å². The highest BCUT2D eigenvalue weighted by Gasteiger charge is 2.37. The van der Waals surface area contributed by atoms with Gasteiger partial charge in [-0.3, -0.25) is 10.1 Å². The molecule has 1 aliphatic heterocycles. The van der Waals surface area contributed by atoms with Crippen molar-refractivity contribution in [2.45, 2.75) is 39.7 Å². The molecule has 2 unspecified atom stereocenters. The summed E-state index contributed by atoms with van der Waals surface area (Å²) < 4.78 is 0. The molecule has 1 aromatic rings. The lowest BCUT2D eigenvalue weighted by Gasteiger charge is -2.44. The molecular weight excluding hydrogens is 308 g/mol. The van der Waals surface area contributed by atoms with Gasteiger partial charge in [-0.25, -0.2) is 4.79 Å². The molecule has 130 valence electrons. The van der Waals surface area contributed by atoms with Crippen molar-refractivity contribution in [3.8, 4) is 0 Å². The normalized spacial score (nSPS) is 21.9. The number of rotatable bonds is 3. The number of piperidine rings is 1. The van der Waals surface area contributed by atoms with Crippen molar-refractivity contribution in [3.05, 3.63) is 46.0 Å². The van der Waals surface area contributed by atoms with Crippen LogP contribution in [-0.4, -0.2) is 33.6 Å². The van der Waals surface area contributed by atoms with Gasteiger partial charge in [0, 0.05) is 24.7 Å². The molecule has 1 heterocycles. The third-order valence-corrected chi connectivity index (χ3v) is 4.55. The van der Waals surface area contributed by atoms with Gasteiger partial charge in [0.1, 0.15) is 0 Å². The summed E-state index contributed by atoms with van der Waals surface area (Å²) in [5.41, 5.74) is 0.876. The molecule has 1 N–H and O–H groups in total. The Balaban J connectivity index is 2.07. The van der Waals surface area contributed by atoms with E-state index in [1.54, 1.807) is 17.0 Å². The molecule has 2 atom stereocenters. The van der Waals surface area contributed by atoms with E-state index in [2.05, 4.69) is 26.8 Å². The van der Waals surface area contributed by atoms with Gasteiger partial charge in [-0.05, 0) is 41.9 Å². The molecule has 1 fully saturated rings. The summed E-state index contributed by atoms with van der Waals surface area (Å²) in [6, 6.07) is 6.41. The van der Waals surface area contributed by atoms with Crippen molar-refractivity contribution in [2.24, 2.45) is 11.3 Å². The Labute approximate surface area is 141 Å². The molecule has 6 nitrogen and oxygen atoms in total. The maximum Gasteiger partial charge on any atom is 0.407 e. The predicted molar refractivity (Wildman–Crippen MR) is 92.8 cm³/mol. The fourth-order valence-electron chi connectivity index (χ4n) is 3.17. The number of benzene rings is 1. The molecule has 6 heteroatoms. The molecule has 1 aliphatic rings. The van der Waals surface area contributed by atoms with E-state index in [1.807, 2.05) is 6.08 Å². The van der Waals surface area contributed by atoms with Crippen LogP contribution in [0.1, 0.15) is 39.2 Å². The van der Waals surface area contributed by atoms with Crippen molar-refractivity contribution in [1.29, 1.82) is 0 Å². The number of carboxylic acid groups (broad SMARTS) is 1. The fourth-order valence-corrected chi connectivity index (χ4v) is 3.17. The first-order valence-electron chi connectivity index (χ1n) is 8.10. The Kier molecular flexibility index (Phi) is 5.26. The molecule has 2 rings (SSSR count). The number of nitrogens with zero attached hydrogens (tertiary/aromatic N) is 2. The van der Waals surface area contributed by atoms with Crippen molar-refractivity contribution in [2.75, 3.05) is 6.54 Å². The topological polar surface area (TPSA) is 83.7 Å². The van der Waals surface area contributed by atoms with Gasteiger partial charge in [-0.15, -0.1) is 0 Å². The number of allylic oxidation sites excluding steroid dienone is 1. The van der Waals surface area contributed by atoms with E-state index >= 15 is 0 Å². The highest BCUT2D eigenvalue weighted by molar-refractivity contribution is 5.65. The summed E-state index contributed by atoms with van der Waals surface area (Å²) in [6.45, 7) is 6.73. The number of carbonyl (C=O) groups is 1. The lowest BCUT2D eigenvalue weighted by Crippen LogP contribution is -2.51. The number of hydrogen-bond donors (Lipinski definition) is 1. The number of non-ortho nitro benzene ring substituents is 1. The number of hydrogen-bond acceptors (Lipinski definition) is 3. The Morgan fingerprint density at radius 3 is 2.46 bits per heavy atom. The highest BCUT2D eigenvalue weighted by Crippen LogP contribution is 2.35. The lowest BCUT2D eigenvalue weighted by atomic mass is 9.77. The highest BCUT2D eigenvalue weighted by atomic mass is 16.6. The Bertz CT molecular complexity index is 631. The molecular formula is C18H24N2O4. The zero-order valence-corrected chi connectivity index (χ0v) is 14.3. The summed E-state index contributed by atoms with van der Waals surface area (Å²) in [5.74, 6) is 0.306. The van der Waals surface area contributed by atoms with Crippen LogP contribution >= 0.6 is 0 Å². The van der Waals surface area contributed by atoms with Crippen LogP contribution in [0.4, 0.5) is 10.5 Å². The van der Waals surface area contributed by atoms with Crippen LogP contribution in [0.2, 0.25) is 0 Å². The maximum absolute atomic E-state index is 11.4. The van der Waals surface area contributed by atoms with Gasteiger partial charge in [0.2, 0.25) is 0 Å². The van der Waals surface area contributed by atoms with Gasteiger partial charge in [0.15, 0.2) is 0 Å². The molecule has 0 bridgehead atoms. The number of nitro benzene ring substituents is 1. The van der Waals surface area contributed by atoms with Gasteiger partial charge >= 0.3 is 6.09 Å². The van der Waals surface area contributed by atoms with Crippen molar-refractivity contribution in [1.82, 2.24) is 4.90 Å². The summed E-state index contributed by atoms with van der Waals surface area (Å²) in [4.78, 5) is 23.2. The summed E-state index contributed by atoms with van der Waals surface area (Å²) in [5, 5.41) is 20.1. The first-order valence-corrected chi connectivity index (χ1v) is 8.10. The quantitative estimate of drug-likeness (QED) is 0.656. The third kappa shape index (κ3) is 4.34. The zero-order chi connectivity index (χ0) is 17.9. The second-order valence-electron chi connectivity index (χ2n) is 7.35. The van der Waals surface area contributed by atoms with Gasteiger partial charge < -0.3 is 10.0 Å². The lowest BCUT2D eigenvalue weighted by molar-refractivity contribution is -0.384. The second kappa shape index (κ2) is 7.03. The van der Waals surface area contributed by atoms with Crippen LogP contribution in [0.3, 0.4) is 0 Å². The van der Waals surface area contributed by atoms with Crippen LogP contribution < -0.4 is 0 Å². The van der Waals surface area contributed by atoms with Crippen molar-refractivity contribution in [3.63, 3.8) is 0 Å².